The lowest BCUT2D eigenvalue weighted by Gasteiger charge is -2.44. The molecule has 0 bridgehead atoms. The molecule has 3 fully saturated rings. The Balaban J connectivity index is 1.39. The van der Waals surface area contributed by atoms with Gasteiger partial charge >= 0.3 is 0 Å². The van der Waals surface area contributed by atoms with Gasteiger partial charge in [0.2, 0.25) is 5.91 Å². The van der Waals surface area contributed by atoms with Crippen LogP contribution in [0.4, 0.5) is 0 Å². The van der Waals surface area contributed by atoms with Crippen LogP contribution in [0.1, 0.15) is 46.4 Å². The van der Waals surface area contributed by atoms with Gasteiger partial charge in [-0.3, -0.25) is 19.3 Å². The highest BCUT2D eigenvalue weighted by Gasteiger charge is 2.55. The van der Waals surface area contributed by atoms with Gasteiger partial charge in [-0.1, -0.05) is 41.9 Å². The molecule has 0 saturated carbocycles. The lowest BCUT2D eigenvalue weighted by atomic mass is 9.96. The number of nitrogens with zero attached hydrogens (tertiary/aromatic N) is 3. The average molecular weight is 482 g/mol. The molecule has 0 radical (unpaired) electrons. The number of carbonyl (C=O) groups is 3. The number of hydrogen-bond acceptors (Lipinski definition) is 4. The molecular weight excluding hydrogens is 454 g/mol. The predicted molar refractivity (Wildman–Crippen MR) is 127 cm³/mol. The second-order valence-corrected chi connectivity index (χ2v) is 9.53. The monoisotopic (exact) mass is 481 g/mol. The molecule has 3 aliphatic heterocycles. The Morgan fingerprint density at radius 3 is 2.15 bits per heavy atom. The van der Waals surface area contributed by atoms with Crippen LogP contribution in [0.2, 0.25) is 5.02 Å². The molecule has 2 aromatic rings. The fraction of sp³-hybridized carbons (Fsp3) is 0.423. The highest BCUT2D eigenvalue weighted by atomic mass is 35.5. The van der Waals surface area contributed by atoms with Crippen molar-refractivity contribution in [2.45, 2.75) is 37.5 Å². The second kappa shape index (κ2) is 9.39. The van der Waals surface area contributed by atoms with Crippen molar-refractivity contribution in [3.8, 4) is 0 Å². The van der Waals surface area contributed by atoms with Crippen molar-refractivity contribution in [1.29, 1.82) is 0 Å². The molecule has 3 heterocycles. The van der Waals surface area contributed by atoms with Gasteiger partial charge in [-0.15, -0.1) is 0 Å². The van der Waals surface area contributed by atoms with E-state index in [9.17, 15) is 14.4 Å². The number of likely N-dealkylation sites (tertiary alicyclic amines) is 2. The van der Waals surface area contributed by atoms with Crippen molar-refractivity contribution in [3.05, 3.63) is 70.7 Å². The van der Waals surface area contributed by atoms with Crippen molar-refractivity contribution in [2.75, 3.05) is 32.8 Å². The maximum atomic E-state index is 13.7. The summed E-state index contributed by atoms with van der Waals surface area (Å²) < 4.78 is 6.28. The summed E-state index contributed by atoms with van der Waals surface area (Å²) in [6.07, 6.45) is 2.84. The average Bonchev–Trinajstić information content (AvgIpc) is 3.53. The predicted octanol–water partition coefficient (Wildman–Crippen LogP) is 3.44. The largest absolute Gasteiger partial charge is 0.353 e. The van der Waals surface area contributed by atoms with E-state index < -0.39 is 11.8 Å². The molecule has 8 heteroatoms. The number of benzene rings is 2. The van der Waals surface area contributed by atoms with E-state index in [1.807, 2.05) is 23.1 Å². The van der Waals surface area contributed by atoms with Crippen LogP contribution in [-0.4, -0.2) is 77.0 Å². The van der Waals surface area contributed by atoms with Gasteiger partial charge in [0, 0.05) is 44.6 Å². The topological polar surface area (TPSA) is 70.2 Å². The third-order valence-corrected chi connectivity index (χ3v) is 7.47. The first-order valence-electron chi connectivity index (χ1n) is 11.9. The number of amides is 3. The SMILES string of the molecule is O=C(c1ccccc1Cl)N1CCC2(CC1)OCC(C(=O)N1CCCC1)N2C(=O)c1ccccc1. The van der Waals surface area contributed by atoms with E-state index in [0.29, 0.717) is 42.1 Å². The van der Waals surface area contributed by atoms with Gasteiger partial charge in [-0.25, -0.2) is 0 Å². The summed E-state index contributed by atoms with van der Waals surface area (Å²) in [5, 5.41) is 0.419. The zero-order valence-electron chi connectivity index (χ0n) is 19.0. The Bertz CT molecular complexity index is 1080. The molecule has 3 amide bonds. The number of piperidine rings is 1. The Kier molecular flexibility index (Phi) is 6.32. The molecule has 0 aromatic heterocycles. The minimum absolute atomic E-state index is 0.0479. The maximum absolute atomic E-state index is 13.7. The summed E-state index contributed by atoms with van der Waals surface area (Å²) in [6, 6.07) is 15.4. The number of ether oxygens (including phenoxy) is 1. The molecule has 0 N–H and O–H groups in total. The van der Waals surface area contributed by atoms with Crippen LogP contribution >= 0.6 is 11.6 Å². The van der Waals surface area contributed by atoms with E-state index in [1.54, 1.807) is 46.2 Å². The Hall–Kier alpha value is -2.90. The molecule has 7 nitrogen and oxygen atoms in total. The van der Waals surface area contributed by atoms with Crippen LogP contribution < -0.4 is 0 Å². The Labute approximate surface area is 204 Å². The number of rotatable bonds is 3. The van der Waals surface area contributed by atoms with Crippen LogP contribution in [0.5, 0.6) is 0 Å². The van der Waals surface area contributed by atoms with Crippen molar-refractivity contribution in [2.24, 2.45) is 0 Å². The van der Waals surface area contributed by atoms with Gasteiger partial charge in [-0.2, -0.15) is 0 Å². The molecule has 3 saturated heterocycles. The normalized spacial score (nSPS) is 21.8. The standard InChI is InChI=1S/C26H28ClN3O4/c27-21-11-5-4-10-20(21)24(32)29-16-12-26(13-17-29)30(23(31)19-8-2-1-3-9-19)22(18-34-26)25(33)28-14-6-7-15-28/h1-5,8-11,22H,6-7,12-18H2. The van der Waals surface area contributed by atoms with Crippen molar-refractivity contribution >= 4 is 29.3 Å². The van der Waals surface area contributed by atoms with E-state index >= 15 is 0 Å². The van der Waals surface area contributed by atoms with E-state index in [0.717, 1.165) is 25.9 Å². The third-order valence-electron chi connectivity index (χ3n) is 7.14. The summed E-state index contributed by atoms with van der Waals surface area (Å²) in [6.45, 7) is 2.43. The van der Waals surface area contributed by atoms with Crippen molar-refractivity contribution in [3.63, 3.8) is 0 Å². The van der Waals surface area contributed by atoms with Gasteiger partial charge in [0.15, 0.2) is 0 Å². The van der Waals surface area contributed by atoms with Crippen LogP contribution in [0, 0.1) is 0 Å². The first-order chi connectivity index (χ1) is 16.5. The first kappa shape index (κ1) is 22.9. The quantitative estimate of drug-likeness (QED) is 0.673. The Morgan fingerprint density at radius 1 is 0.824 bits per heavy atom. The molecule has 2 aromatic carbocycles. The lowest BCUT2D eigenvalue weighted by molar-refractivity contribution is -0.136. The number of carbonyl (C=O) groups excluding carboxylic acids is 3. The molecule has 3 aliphatic rings. The Morgan fingerprint density at radius 2 is 1.47 bits per heavy atom. The third kappa shape index (κ3) is 4.07. The lowest BCUT2D eigenvalue weighted by Crippen LogP contribution is -2.60. The highest BCUT2D eigenvalue weighted by Crippen LogP contribution is 2.39. The zero-order valence-corrected chi connectivity index (χ0v) is 19.7. The molecule has 34 heavy (non-hydrogen) atoms. The molecule has 0 aliphatic carbocycles. The highest BCUT2D eigenvalue weighted by molar-refractivity contribution is 6.33. The molecule has 1 spiro atoms. The molecule has 1 atom stereocenters. The van der Waals surface area contributed by atoms with Crippen LogP contribution in [0.3, 0.4) is 0 Å². The fourth-order valence-electron chi connectivity index (χ4n) is 5.29. The van der Waals surface area contributed by atoms with Crippen LogP contribution in [0.15, 0.2) is 54.6 Å². The summed E-state index contributed by atoms with van der Waals surface area (Å²) in [5.74, 6) is -0.390. The number of halogens is 1. The molecule has 1 unspecified atom stereocenters. The van der Waals surface area contributed by atoms with Crippen molar-refractivity contribution < 1.29 is 19.1 Å². The molecule has 5 rings (SSSR count). The zero-order chi connectivity index (χ0) is 23.7. The van der Waals surface area contributed by atoms with Gasteiger partial charge < -0.3 is 14.5 Å². The first-order valence-corrected chi connectivity index (χ1v) is 12.2. The smallest absolute Gasteiger partial charge is 0.256 e. The van der Waals surface area contributed by atoms with E-state index in [2.05, 4.69) is 0 Å². The summed E-state index contributed by atoms with van der Waals surface area (Å²) in [7, 11) is 0. The minimum atomic E-state index is -0.912. The summed E-state index contributed by atoms with van der Waals surface area (Å²) >= 11 is 6.24. The van der Waals surface area contributed by atoms with E-state index in [-0.39, 0.29) is 24.3 Å². The molecular formula is C26H28ClN3O4. The van der Waals surface area contributed by atoms with Crippen LogP contribution in [-0.2, 0) is 9.53 Å². The summed E-state index contributed by atoms with van der Waals surface area (Å²) in [5.41, 5.74) is 0.0810. The summed E-state index contributed by atoms with van der Waals surface area (Å²) in [4.78, 5) is 45.4. The van der Waals surface area contributed by atoms with Crippen LogP contribution in [0.25, 0.3) is 0 Å². The van der Waals surface area contributed by atoms with E-state index in [4.69, 9.17) is 16.3 Å². The fourth-order valence-corrected chi connectivity index (χ4v) is 5.50. The van der Waals surface area contributed by atoms with Gasteiger partial charge in [-0.05, 0) is 37.1 Å². The minimum Gasteiger partial charge on any atom is -0.353 e. The van der Waals surface area contributed by atoms with Gasteiger partial charge in [0.05, 0.1) is 17.2 Å². The van der Waals surface area contributed by atoms with Crippen molar-refractivity contribution in [1.82, 2.24) is 14.7 Å². The van der Waals surface area contributed by atoms with E-state index in [1.165, 1.54) is 0 Å². The van der Waals surface area contributed by atoms with Gasteiger partial charge in [0.1, 0.15) is 11.8 Å². The van der Waals surface area contributed by atoms with Gasteiger partial charge in [0.25, 0.3) is 11.8 Å². The maximum Gasteiger partial charge on any atom is 0.256 e. The second-order valence-electron chi connectivity index (χ2n) is 9.12. The number of hydrogen-bond donors (Lipinski definition) is 0. The molecule has 178 valence electrons.